The van der Waals surface area contributed by atoms with Crippen molar-refractivity contribution in [3.63, 3.8) is 0 Å². The average Bonchev–Trinajstić information content (AvgIpc) is 3.39. The minimum absolute atomic E-state index is 0.122. The summed E-state index contributed by atoms with van der Waals surface area (Å²) in [5.74, 6) is 1.79. The predicted molar refractivity (Wildman–Crippen MR) is 111 cm³/mol. The summed E-state index contributed by atoms with van der Waals surface area (Å²) in [6, 6.07) is 8.20. The lowest BCUT2D eigenvalue weighted by molar-refractivity contribution is 0.193. The van der Waals surface area contributed by atoms with Crippen molar-refractivity contribution in [2.75, 3.05) is 13.1 Å². The number of aromatic nitrogens is 4. The monoisotopic (exact) mass is 409 g/mol. The molecule has 0 amide bonds. The summed E-state index contributed by atoms with van der Waals surface area (Å²) in [5, 5.41) is 0. The molecule has 4 heterocycles. The highest BCUT2D eigenvalue weighted by Gasteiger charge is 2.23. The molecule has 1 atom stereocenters. The van der Waals surface area contributed by atoms with Gasteiger partial charge in [-0.2, -0.15) is 0 Å². The predicted octanol–water partition coefficient (Wildman–Crippen LogP) is 3.89. The zero-order valence-corrected chi connectivity index (χ0v) is 16.5. The van der Waals surface area contributed by atoms with Crippen LogP contribution in [0.2, 0.25) is 0 Å². The topological polar surface area (TPSA) is 77.7 Å². The second-order valence-electron chi connectivity index (χ2n) is 7.39. The third kappa shape index (κ3) is 3.73. The number of rotatable bonds is 4. The molecule has 148 valence electrons. The van der Waals surface area contributed by atoms with Gasteiger partial charge >= 0.3 is 0 Å². The fourth-order valence-electron chi connectivity index (χ4n) is 3.95. The maximum Gasteiger partial charge on any atom is 0.268 e. The van der Waals surface area contributed by atoms with Crippen LogP contribution in [-0.4, -0.2) is 37.9 Å². The normalized spacial score (nSPS) is 17.8. The van der Waals surface area contributed by atoms with Gasteiger partial charge in [-0.25, -0.2) is 14.4 Å². The number of hydrogen-bond acceptors (Lipinski definition) is 5. The van der Waals surface area contributed by atoms with Crippen molar-refractivity contribution in [1.29, 1.82) is 0 Å². The summed E-state index contributed by atoms with van der Waals surface area (Å²) >= 11 is 1.38. The maximum absolute atomic E-state index is 13.2. The average molecular weight is 409 g/mol. The van der Waals surface area contributed by atoms with Gasteiger partial charge in [0.2, 0.25) is 0 Å². The van der Waals surface area contributed by atoms with Crippen LogP contribution in [0.1, 0.15) is 30.4 Å². The van der Waals surface area contributed by atoms with Crippen LogP contribution in [0.3, 0.4) is 0 Å². The van der Waals surface area contributed by atoms with Gasteiger partial charge in [0, 0.05) is 29.7 Å². The summed E-state index contributed by atoms with van der Waals surface area (Å²) in [5.41, 5.74) is 1.45. The van der Waals surface area contributed by atoms with E-state index in [2.05, 4.69) is 19.9 Å². The zero-order valence-electron chi connectivity index (χ0n) is 15.7. The van der Waals surface area contributed by atoms with E-state index in [1.165, 1.54) is 23.5 Å². The second kappa shape index (κ2) is 7.53. The molecular formula is C21H20FN5OS. The number of imidazole rings is 1. The Bertz CT molecular complexity index is 1180. The van der Waals surface area contributed by atoms with Crippen molar-refractivity contribution in [2.45, 2.75) is 25.3 Å². The summed E-state index contributed by atoms with van der Waals surface area (Å²) in [4.78, 5) is 31.1. The Hall–Kier alpha value is -2.84. The third-order valence-corrected chi connectivity index (χ3v) is 6.52. The van der Waals surface area contributed by atoms with E-state index in [0.29, 0.717) is 28.5 Å². The van der Waals surface area contributed by atoms with Gasteiger partial charge in [-0.1, -0.05) is 12.1 Å². The van der Waals surface area contributed by atoms with E-state index in [1.807, 2.05) is 12.3 Å². The molecule has 0 spiro atoms. The number of hydrogen-bond donors (Lipinski definition) is 2. The van der Waals surface area contributed by atoms with Crippen LogP contribution in [0.25, 0.3) is 20.7 Å². The molecule has 3 aromatic heterocycles. The Labute approximate surface area is 170 Å². The molecule has 2 N–H and O–H groups in total. The number of likely N-dealkylation sites (tertiary alicyclic amines) is 1. The number of piperidine rings is 1. The summed E-state index contributed by atoms with van der Waals surface area (Å²) in [6.07, 6.45) is 5.84. The lowest BCUT2D eigenvalue weighted by Crippen LogP contribution is -2.35. The molecule has 6 nitrogen and oxygen atoms in total. The minimum atomic E-state index is -0.275. The van der Waals surface area contributed by atoms with Gasteiger partial charge in [0.25, 0.3) is 5.56 Å². The van der Waals surface area contributed by atoms with Crippen LogP contribution >= 0.6 is 11.3 Å². The minimum Gasteiger partial charge on any atom is -0.348 e. The molecule has 0 bridgehead atoms. The Morgan fingerprint density at radius 1 is 1.28 bits per heavy atom. The molecule has 4 aromatic rings. The number of nitrogens with zero attached hydrogens (tertiary/aromatic N) is 3. The SMILES string of the molecule is O=c1[nH]c(CN2CCCC(c3ncc[nH]3)C2)nc2cc(-c3ccc(F)cc3)sc12. The first-order valence-electron chi connectivity index (χ1n) is 9.66. The molecule has 0 aliphatic carbocycles. The third-order valence-electron chi connectivity index (χ3n) is 5.35. The molecular weight excluding hydrogens is 389 g/mol. The molecule has 1 aliphatic heterocycles. The summed E-state index contributed by atoms with van der Waals surface area (Å²) < 4.78 is 13.8. The smallest absolute Gasteiger partial charge is 0.268 e. The van der Waals surface area contributed by atoms with Gasteiger partial charge in [0.1, 0.15) is 22.2 Å². The Kier molecular flexibility index (Phi) is 4.73. The Morgan fingerprint density at radius 3 is 2.93 bits per heavy atom. The van der Waals surface area contributed by atoms with Crippen molar-refractivity contribution in [3.8, 4) is 10.4 Å². The molecule has 8 heteroatoms. The fourth-order valence-corrected chi connectivity index (χ4v) is 4.95. The summed E-state index contributed by atoms with van der Waals surface area (Å²) in [6.45, 7) is 2.47. The van der Waals surface area contributed by atoms with E-state index in [-0.39, 0.29) is 11.4 Å². The van der Waals surface area contributed by atoms with Gasteiger partial charge in [0.15, 0.2) is 0 Å². The number of aromatic amines is 2. The van der Waals surface area contributed by atoms with Crippen molar-refractivity contribution >= 4 is 21.6 Å². The molecule has 1 unspecified atom stereocenters. The molecule has 0 radical (unpaired) electrons. The molecule has 29 heavy (non-hydrogen) atoms. The molecule has 1 aromatic carbocycles. The van der Waals surface area contributed by atoms with Gasteiger partial charge < -0.3 is 9.97 Å². The molecule has 1 aliphatic rings. The van der Waals surface area contributed by atoms with Crippen LogP contribution in [-0.2, 0) is 6.54 Å². The number of thiophene rings is 1. The molecule has 0 saturated carbocycles. The highest BCUT2D eigenvalue weighted by molar-refractivity contribution is 7.22. The van der Waals surface area contributed by atoms with E-state index in [9.17, 15) is 9.18 Å². The van der Waals surface area contributed by atoms with Crippen LogP contribution in [0.5, 0.6) is 0 Å². The summed E-state index contributed by atoms with van der Waals surface area (Å²) in [7, 11) is 0. The first-order chi connectivity index (χ1) is 14.2. The van der Waals surface area contributed by atoms with Crippen molar-refractivity contribution < 1.29 is 4.39 Å². The zero-order chi connectivity index (χ0) is 19.8. The van der Waals surface area contributed by atoms with E-state index < -0.39 is 0 Å². The van der Waals surface area contributed by atoms with Gasteiger partial charge in [-0.05, 0) is 43.1 Å². The number of H-pyrrole nitrogens is 2. The lowest BCUT2D eigenvalue weighted by atomic mass is 9.97. The number of nitrogens with one attached hydrogen (secondary N) is 2. The molecule has 1 fully saturated rings. The highest BCUT2D eigenvalue weighted by Crippen LogP contribution is 2.31. The quantitative estimate of drug-likeness (QED) is 0.536. The fraction of sp³-hybridized carbons (Fsp3) is 0.286. The van der Waals surface area contributed by atoms with Crippen LogP contribution < -0.4 is 5.56 Å². The molecule has 1 saturated heterocycles. The first-order valence-corrected chi connectivity index (χ1v) is 10.5. The lowest BCUT2D eigenvalue weighted by Gasteiger charge is -2.31. The van der Waals surface area contributed by atoms with Crippen molar-refractivity contribution in [3.05, 3.63) is 70.5 Å². The van der Waals surface area contributed by atoms with Crippen molar-refractivity contribution in [1.82, 2.24) is 24.8 Å². The van der Waals surface area contributed by atoms with Crippen LogP contribution in [0.15, 0.2) is 47.5 Å². The maximum atomic E-state index is 13.2. The number of fused-ring (bicyclic) bond motifs is 1. The van der Waals surface area contributed by atoms with Crippen molar-refractivity contribution in [2.24, 2.45) is 0 Å². The molecule has 5 rings (SSSR count). The van der Waals surface area contributed by atoms with Gasteiger partial charge in [0.05, 0.1) is 12.1 Å². The van der Waals surface area contributed by atoms with E-state index >= 15 is 0 Å². The van der Waals surface area contributed by atoms with Gasteiger partial charge in [-0.15, -0.1) is 11.3 Å². The second-order valence-corrected chi connectivity index (χ2v) is 8.45. The standard InChI is InChI=1S/C21H20FN5OS/c22-15-5-3-13(4-6-15)17-10-16-19(29-17)21(28)26-18(25-16)12-27-9-1-2-14(11-27)20-23-7-8-24-20/h3-8,10,14H,1-2,9,11-12H2,(H,23,24)(H,25,26,28). The van der Waals surface area contributed by atoms with E-state index in [1.54, 1.807) is 18.3 Å². The largest absolute Gasteiger partial charge is 0.348 e. The van der Waals surface area contributed by atoms with Crippen LogP contribution in [0.4, 0.5) is 4.39 Å². The Balaban J connectivity index is 1.39. The Morgan fingerprint density at radius 2 is 2.14 bits per heavy atom. The number of benzene rings is 1. The van der Waals surface area contributed by atoms with E-state index in [4.69, 9.17) is 4.98 Å². The van der Waals surface area contributed by atoms with Crippen LogP contribution in [0, 0.1) is 5.82 Å². The van der Waals surface area contributed by atoms with Gasteiger partial charge in [-0.3, -0.25) is 9.69 Å². The number of halogens is 1. The van der Waals surface area contributed by atoms with E-state index in [0.717, 1.165) is 42.2 Å². The highest BCUT2D eigenvalue weighted by atomic mass is 32.1. The first kappa shape index (κ1) is 18.2.